The molecule has 1 aromatic heterocycles. The Kier molecular flexibility index (Phi) is 5.08. The summed E-state index contributed by atoms with van der Waals surface area (Å²) in [5.74, 6) is -2.11. The molecule has 2 aromatic rings. The lowest BCUT2D eigenvalue weighted by Gasteiger charge is -2.33. The Bertz CT molecular complexity index is 921. The zero-order valence-electron chi connectivity index (χ0n) is 13.7. The highest BCUT2D eigenvalue weighted by atomic mass is 32.2. The minimum Gasteiger partial charge on any atom is -0.438 e. The van der Waals surface area contributed by atoms with Crippen molar-refractivity contribution in [2.75, 3.05) is 26.2 Å². The van der Waals surface area contributed by atoms with Gasteiger partial charge in [-0.05, 0) is 30.3 Å². The predicted octanol–water partition coefficient (Wildman–Crippen LogP) is 1.16. The summed E-state index contributed by atoms with van der Waals surface area (Å²) in [5.41, 5.74) is 5.28. The number of furan rings is 1. The first-order valence-corrected chi connectivity index (χ1v) is 9.27. The van der Waals surface area contributed by atoms with Crippen LogP contribution in [0.2, 0.25) is 0 Å². The van der Waals surface area contributed by atoms with E-state index in [0.29, 0.717) is 13.1 Å². The van der Waals surface area contributed by atoms with Crippen LogP contribution in [0.25, 0.3) is 0 Å². The van der Waals surface area contributed by atoms with Crippen LogP contribution in [0, 0.1) is 11.6 Å². The molecule has 0 radical (unpaired) electrons. The quantitative estimate of drug-likeness (QED) is 0.833. The number of carbonyl (C=O) groups excluding carboxylic acids is 1. The van der Waals surface area contributed by atoms with Gasteiger partial charge in [-0.2, -0.15) is 4.31 Å². The molecule has 10 heteroatoms. The van der Waals surface area contributed by atoms with E-state index in [1.807, 2.05) is 4.90 Å². The molecule has 7 nitrogen and oxygen atoms in total. The second-order valence-electron chi connectivity index (χ2n) is 5.90. The van der Waals surface area contributed by atoms with E-state index in [4.69, 9.17) is 10.2 Å². The molecule has 0 spiro atoms. The summed E-state index contributed by atoms with van der Waals surface area (Å²) in [6.07, 6.45) is 0. The third kappa shape index (κ3) is 3.76. The van der Waals surface area contributed by atoms with Crippen molar-refractivity contribution in [2.24, 2.45) is 5.73 Å². The molecule has 1 aliphatic heterocycles. The van der Waals surface area contributed by atoms with Crippen LogP contribution in [0.1, 0.15) is 16.1 Å². The van der Waals surface area contributed by atoms with E-state index in [1.165, 1.54) is 16.4 Å². The Labute approximate surface area is 149 Å². The van der Waals surface area contributed by atoms with Crippen LogP contribution in [0.4, 0.5) is 8.78 Å². The second kappa shape index (κ2) is 7.14. The van der Waals surface area contributed by atoms with Gasteiger partial charge in [0, 0.05) is 38.3 Å². The van der Waals surface area contributed by atoms with Crippen molar-refractivity contribution in [1.82, 2.24) is 9.21 Å². The Morgan fingerprint density at radius 3 is 2.42 bits per heavy atom. The molecule has 1 fully saturated rings. The van der Waals surface area contributed by atoms with Crippen molar-refractivity contribution in [2.45, 2.75) is 11.6 Å². The average Bonchev–Trinajstić information content (AvgIpc) is 3.10. The first-order chi connectivity index (χ1) is 12.3. The standard InChI is InChI=1S/C16H17F2N3O4S/c17-12-1-2-13(18)11(9-12)10-20-5-7-21(8-6-20)26(23,24)15-4-3-14(25-15)16(19)22/h1-4,9H,5-8,10H2,(H2,19,22). The molecule has 3 rings (SSSR count). The second-order valence-corrected chi connectivity index (χ2v) is 7.77. The molecule has 0 bridgehead atoms. The molecule has 0 unspecified atom stereocenters. The van der Waals surface area contributed by atoms with Crippen molar-refractivity contribution in [1.29, 1.82) is 0 Å². The number of halogens is 2. The summed E-state index contributed by atoms with van der Waals surface area (Å²) < 4.78 is 58.3. The highest BCUT2D eigenvalue weighted by Crippen LogP contribution is 2.21. The monoisotopic (exact) mass is 385 g/mol. The van der Waals surface area contributed by atoms with Crippen molar-refractivity contribution in [3.63, 3.8) is 0 Å². The minimum atomic E-state index is -3.89. The molecule has 26 heavy (non-hydrogen) atoms. The zero-order chi connectivity index (χ0) is 18.9. The smallest absolute Gasteiger partial charge is 0.284 e. The maximum absolute atomic E-state index is 13.7. The van der Waals surface area contributed by atoms with Crippen LogP contribution in [-0.4, -0.2) is 49.7 Å². The molecular weight excluding hydrogens is 368 g/mol. The number of sulfonamides is 1. The topological polar surface area (TPSA) is 96.8 Å². The number of rotatable bonds is 5. The van der Waals surface area contributed by atoms with Gasteiger partial charge in [-0.3, -0.25) is 9.69 Å². The fourth-order valence-electron chi connectivity index (χ4n) is 2.75. The van der Waals surface area contributed by atoms with Gasteiger partial charge in [-0.1, -0.05) is 0 Å². The van der Waals surface area contributed by atoms with Gasteiger partial charge in [-0.15, -0.1) is 0 Å². The number of hydrogen-bond acceptors (Lipinski definition) is 5. The highest BCUT2D eigenvalue weighted by molar-refractivity contribution is 7.89. The summed E-state index contributed by atoms with van der Waals surface area (Å²) >= 11 is 0. The van der Waals surface area contributed by atoms with E-state index in [-0.39, 0.29) is 36.1 Å². The molecule has 1 amide bonds. The number of carbonyl (C=O) groups is 1. The molecule has 2 N–H and O–H groups in total. The SMILES string of the molecule is NC(=O)c1ccc(S(=O)(=O)N2CCN(Cc3cc(F)ccc3F)CC2)o1. The number of piperazine rings is 1. The fraction of sp³-hybridized carbons (Fsp3) is 0.312. The molecule has 0 atom stereocenters. The van der Waals surface area contributed by atoms with Crippen LogP contribution >= 0.6 is 0 Å². The minimum absolute atomic E-state index is 0.159. The van der Waals surface area contributed by atoms with Crippen LogP contribution in [0.15, 0.2) is 39.8 Å². The number of nitrogens with zero attached hydrogens (tertiary/aromatic N) is 2. The van der Waals surface area contributed by atoms with Crippen molar-refractivity contribution < 1.29 is 26.4 Å². The average molecular weight is 385 g/mol. The maximum Gasteiger partial charge on any atom is 0.284 e. The fourth-order valence-corrected chi connectivity index (χ4v) is 4.09. The number of amides is 1. The summed E-state index contributed by atoms with van der Waals surface area (Å²) in [6.45, 7) is 1.19. The van der Waals surface area contributed by atoms with Crippen LogP contribution in [0.3, 0.4) is 0 Å². The number of nitrogens with two attached hydrogens (primary N) is 1. The lowest BCUT2D eigenvalue weighted by atomic mass is 10.2. The molecule has 1 saturated heterocycles. The van der Waals surface area contributed by atoms with Gasteiger partial charge in [0.15, 0.2) is 5.76 Å². The largest absolute Gasteiger partial charge is 0.438 e. The summed E-state index contributed by atoms with van der Waals surface area (Å²) in [5, 5.41) is -0.351. The highest BCUT2D eigenvalue weighted by Gasteiger charge is 2.31. The normalized spacial score (nSPS) is 16.7. The number of benzene rings is 1. The Hall–Kier alpha value is -2.30. The lowest BCUT2D eigenvalue weighted by Crippen LogP contribution is -2.48. The van der Waals surface area contributed by atoms with Crippen molar-refractivity contribution in [3.8, 4) is 0 Å². The van der Waals surface area contributed by atoms with Gasteiger partial charge >= 0.3 is 0 Å². The van der Waals surface area contributed by atoms with Gasteiger partial charge in [-0.25, -0.2) is 17.2 Å². The Balaban J connectivity index is 1.65. The number of hydrogen-bond donors (Lipinski definition) is 1. The van der Waals surface area contributed by atoms with Crippen molar-refractivity contribution in [3.05, 3.63) is 53.3 Å². The third-order valence-corrected chi connectivity index (χ3v) is 5.92. The van der Waals surface area contributed by atoms with Gasteiger partial charge < -0.3 is 10.2 Å². The van der Waals surface area contributed by atoms with E-state index < -0.39 is 27.6 Å². The van der Waals surface area contributed by atoms with Gasteiger partial charge in [0.1, 0.15) is 11.6 Å². The zero-order valence-corrected chi connectivity index (χ0v) is 14.5. The van der Waals surface area contributed by atoms with Gasteiger partial charge in [0.05, 0.1) is 0 Å². The molecule has 2 heterocycles. The molecule has 1 aliphatic rings. The Morgan fingerprint density at radius 2 is 1.81 bits per heavy atom. The molecule has 0 saturated carbocycles. The van der Waals surface area contributed by atoms with E-state index in [9.17, 15) is 22.0 Å². The van der Waals surface area contributed by atoms with Crippen LogP contribution in [-0.2, 0) is 16.6 Å². The summed E-state index contributed by atoms with van der Waals surface area (Å²) in [4.78, 5) is 12.9. The molecular formula is C16H17F2N3O4S. The lowest BCUT2D eigenvalue weighted by molar-refractivity contribution is 0.0968. The number of primary amides is 1. The third-order valence-electron chi connectivity index (χ3n) is 4.15. The summed E-state index contributed by atoms with van der Waals surface area (Å²) in [6, 6.07) is 5.64. The van der Waals surface area contributed by atoms with Gasteiger partial charge in [0.25, 0.3) is 15.9 Å². The molecule has 140 valence electrons. The predicted molar refractivity (Wildman–Crippen MR) is 87.6 cm³/mol. The van der Waals surface area contributed by atoms with E-state index >= 15 is 0 Å². The van der Waals surface area contributed by atoms with Crippen molar-refractivity contribution >= 4 is 15.9 Å². The first-order valence-electron chi connectivity index (χ1n) is 7.83. The van der Waals surface area contributed by atoms with Crippen LogP contribution in [0.5, 0.6) is 0 Å². The molecule has 0 aliphatic carbocycles. The van der Waals surface area contributed by atoms with Gasteiger partial charge in [0.2, 0.25) is 5.09 Å². The molecule has 1 aromatic carbocycles. The van der Waals surface area contributed by atoms with E-state index in [1.54, 1.807) is 0 Å². The Morgan fingerprint density at radius 1 is 1.12 bits per heavy atom. The maximum atomic E-state index is 13.7. The first kappa shape index (κ1) is 18.5. The van der Waals surface area contributed by atoms with Crippen LogP contribution < -0.4 is 5.73 Å². The summed E-state index contributed by atoms with van der Waals surface area (Å²) in [7, 11) is -3.89. The van der Waals surface area contributed by atoms with E-state index in [0.717, 1.165) is 18.2 Å². The van der Waals surface area contributed by atoms with E-state index in [2.05, 4.69) is 0 Å².